The topological polar surface area (TPSA) is 85.4 Å². The quantitative estimate of drug-likeness (QED) is 0.437. The molecule has 1 amide bonds. The lowest BCUT2D eigenvalue weighted by atomic mass is 9.98. The van der Waals surface area contributed by atoms with Crippen LogP contribution < -0.4 is 5.32 Å². The number of halogens is 2. The van der Waals surface area contributed by atoms with E-state index in [1.54, 1.807) is 42.5 Å². The summed E-state index contributed by atoms with van der Waals surface area (Å²) in [6.45, 7) is 1.40. The van der Waals surface area contributed by atoms with Gasteiger partial charge in [-0.25, -0.2) is 9.78 Å². The number of pyridine rings is 1. The molecule has 1 N–H and O–H groups in total. The smallest absolute Gasteiger partial charge is 0.339 e. The van der Waals surface area contributed by atoms with Gasteiger partial charge < -0.3 is 10.1 Å². The van der Waals surface area contributed by atoms with Crippen LogP contribution in [-0.2, 0) is 9.53 Å². The van der Waals surface area contributed by atoms with Crippen molar-refractivity contribution in [2.24, 2.45) is 0 Å². The third-order valence-corrected chi connectivity index (χ3v) is 4.62. The molecular formula is C22H16Cl2N2O4. The number of aromatic nitrogens is 1. The number of hydrogen-bond acceptors (Lipinski definition) is 5. The SMILES string of the molecule is C[C@H](OC(=O)c1ccccc1C(=O)c1ccccc1)C(=O)Nc1ncc(Cl)cc1Cl. The summed E-state index contributed by atoms with van der Waals surface area (Å²) >= 11 is 11.8. The predicted molar refractivity (Wildman–Crippen MR) is 114 cm³/mol. The zero-order valence-electron chi connectivity index (χ0n) is 15.8. The maximum Gasteiger partial charge on any atom is 0.339 e. The summed E-state index contributed by atoms with van der Waals surface area (Å²) in [6.07, 6.45) is 0.163. The number of nitrogens with one attached hydrogen (secondary N) is 1. The summed E-state index contributed by atoms with van der Waals surface area (Å²) in [7, 11) is 0. The van der Waals surface area contributed by atoms with Gasteiger partial charge >= 0.3 is 5.97 Å². The van der Waals surface area contributed by atoms with Crippen LogP contribution >= 0.6 is 23.2 Å². The Morgan fingerprint density at radius 2 is 1.60 bits per heavy atom. The van der Waals surface area contributed by atoms with Crippen molar-refractivity contribution in [1.82, 2.24) is 4.98 Å². The van der Waals surface area contributed by atoms with Crippen LogP contribution in [0.2, 0.25) is 10.0 Å². The van der Waals surface area contributed by atoms with Gasteiger partial charge in [0.05, 0.1) is 15.6 Å². The Hall–Kier alpha value is -3.22. The lowest BCUT2D eigenvalue weighted by Gasteiger charge is -2.15. The van der Waals surface area contributed by atoms with Gasteiger partial charge in [-0.15, -0.1) is 0 Å². The fraction of sp³-hybridized carbons (Fsp3) is 0.0909. The Kier molecular flexibility index (Phi) is 6.82. The van der Waals surface area contributed by atoms with E-state index in [9.17, 15) is 14.4 Å². The first-order valence-electron chi connectivity index (χ1n) is 8.88. The van der Waals surface area contributed by atoms with Crippen LogP contribution in [0.5, 0.6) is 0 Å². The van der Waals surface area contributed by atoms with Crippen molar-refractivity contribution in [3.63, 3.8) is 0 Å². The minimum Gasteiger partial charge on any atom is -0.449 e. The normalized spacial score (nSPS) is 11.4. The molecule has 0 aliphatic carbocycles. The molecule has 0 spiro atoms. The summed E-state index contributed by atoms with van der Waals surface area (Å²) in [5.41, 5.74) is 0.685. The Bertz CT molecular complexity index is 1100. The molecule has 3 aromatic rings. The van der Waals surface area contributed by atoms with Gasteiger partial charge in [0, 0.05) is 17.3 Å². The third kappa shape index (κ3) is 5.03. The van der Waals surface area contributed by atoms with Gasteiger partial charge in [0.2, 0.25) is 0 Å². The van der Waals surface area contributed by atoms with Crippen molar-refractivity contribution >= 4 is 46.7 Å². The fourth-order valence-electron chi connectivity index (χ4n) is 2.61. The molecular weight excluding hydrogens is 427 g/mol. The van der Waals surface area contributed by atoms with Crippen molar-refractivity contribution in [3.05, 3.63) is 93.6 Å². The van der Waals surface area contributed by atoms with Crippen molar-refractivity contribution in [2.45, 2.75) is 13.0 Å². The molecule has 152 valence electrons. The summed E-state index contributed by atoms with van der Waals surface area (Å²) in [5, 5.41) is 2.94. The van der Waals surface area contributed by atoms with E-state index in [1.165, 1.54) is 31.3 Å². The number of amides is 1. The van der Waals surface area contributed by atoms with Gasteiger partial charge in [0.1, 0.15) is 0 Å². The molecule has 30 heavy (non-hydrogen) atoms. The minimum atomic E-state index is -1.16. The van der Waals surface area contributed by atoms with Gasteiger partial charge in [-0.05, 0) is 19.1 Å². The molecule has 0 saturated carbocycles. The second-order valence-electron chi connectivity index (χ2n) is 6.26. The number of ether oxygens (including phenoxy) is 1. The molecule has 0 saturated heterocycles. The molecule has 8 heteroatoms. The van der Waals surface area contributed by atoms with Gasteiger partial charge in [-0.3, -0.25) is 9.59 Å². The molecule has 6 nitrogen and oxygen atoms in total. The maximum atomic E-state index is 12.8. The number of carbonyl (C=O) groups excluding carboxylic acids is 3. The average molecular weight is 443 g/mol. The highest BCUT2D eigenvalue weighted by atomic mass is 35.5. The van der Waals surface area contributed by atoms with Crippen molar-refractivity contribution in [1.29, 1.82) is 0 Å². The molecule has 2 aromatic carbocycles. The molecule has 0 fully saturated rings. The highest BCUT2D eigenvalue weighted by molar-refractivity contribution is 6.36. The van der Waals surface area contributed by atoms with E-state index in [-0.39, 0.29) is 27.8 Å². The Balaban J connectivity index is 1.74. The molecule has 0 aliphatic heterocycles. The van der Waals surface area contributed by atoms with E-state index < -0.39 is 18.0 Å². The number of ketones is 1. The number of benzene rings is 2. The third-order valence-electron chi connectivity index (χ3n) is 4.13. The first kappa shape index (κ1) is 21.5. The molecule has 1 aromatic heterocycles. The molecule has 0 unspecified atom stereocenters. The molecule has 1 atom stereocenters. The molecule has 0 bridgehead atoms. The van der Waals surface area contributed by atoms with E-state index in [4.69, 9.17) is 27.9 Å². The van der Waals surface area contributed by atoms with Gasteiger partial charge in [0.25, 0.3) is 5.91 Å². The van der Waals surface area contributed by atoms with Crippen LogP contribution in [0.3, 0.4) is 0 Å². The van der Waals surface area contributed by atoms with E-state index >= 15 is 0 Å². The number of carbonyl (C=O) groups is 3. The van der Waals surface area contributed by atoms with Crippen molar-refractivity contribution in [3.8, 4) is 0 Å². The second kappa shape index (κ2) is 9.52. The molecule has 0 aliphatic rings. The Labute approximate surface area is 182 Å². The molecule has 3 rings (SSSR count). The summed E-state index contributed by atoms with van der Waals surface area (Å²) in [6, 6.07) is 16.3. The lowest BCUT2D eigenvalue weighted by Crippen LogP contribution is -2.30. The number of anilines is 1. The van der Waals surface area contributed by atoms with Crippen LogP contribution in [-0.4, -0.2) is 28.7 Å². The second-order valence-corrected chi connectivity index (χ2v) is 7.11. The van der Waals surface area contributed by atoms with Crippen LogP contribution in [0, 0.1) is 0 Å². The number of hydrogen-bond donors (Lipinski definition) is 1. The zero-order chi connectivity index (χ0) is 21.7. The van der Waals surface area contributed by atoms with Gasteiger partial charge in [0.15, 0.2) is 17.7 Å². The summed E-state index contributed by atoms with van der Waals surface area (Å²) in [5.74, 6) is -1.66. The monoisotopic (exact) mass is 442 g/mol. The predicted octanol–water partition coefficient (Wildman–Crippen LogP) is 4.80. The van der Waals surface area contributed by atoms with Crippen molar-refractivity contribution < 1.29 is 19.1 Å². The standard InChI is InChI=1S/C22H16Cl2N2O4/c1-13(21(28)26-20-18(24)11-15(23)12-25-20)30-22(29)17-10-6-5-9-16(17)19(27)14-7-3-2-4-8-14/h2-13H,1H3,(H,25,26,28)/t13-/m0/s1. The van der Waals surface area contributed by atoms with E-state index in [0.29, 0.717) is 10.6 Å². The summed E-state index contributed by atoms with van der Waals surface area (Å²) < 4.78 is 5.26. The Morgan fingerprint density at radius 3 is 2.27 bits per heavy atom. The van der Waals surface area contributed by atoms with Crippen LogP contribution in [0.4, 0.5) is 5.82 Å². The number of esters is 1. The first-order chi connectivity index (χ1) is 14.4. The number of rotatable bonds is 6. The highest BCUT2D eigenvalue weighted by Gasteiger charge is 2.24. The Morgan fingerprint density at radius 1 is 0.967 bits per heavy atom. The van der Waals surface area contributed by atoms with Crippen molar-refractivity contribution in [2.75, 3.05) is 5.32 Å². The van der Waals surface area contributed by atoms with Crippen LogP contribution in [0.1, 0.15) is 33.2 Å². The average Bonchev–Trinajstić information content (AvgIpc) is 2.75. The van der Waals surface area contributed by atoms with Crippen LogP contribution in [0.25, 0.3) is 0 Å². The largest absolute Gasteiger partial charge is 0.449 e. The van der Waals surface area contributed by atoms with E-state index in [1.807, 2.05) is 0 Å². The minimum absolute atomic E-state index is 0.0636. The zero-order valence-corrected chi connectivity index (χ0v) is 17.3. The highest BCUT2D eigenvalue weighted by Crippen LogP contribution is 2.23. The molecule has 1 heterocycles. The first-order valence-corrected chi connectivity index (χ1v) is 9.64. The van der Waals surface area contributed by atoms with E-state index in [2.05, 4.69) is 10.3 Å². The fourth-order valence-corrected chi connectivity index (χ4v) is 3.03. The number of nitrogens with zero attached hydrogens (tertiary/aromatic N) is 1. The van der Waals surface area contributed by atoms with E-state index in [0.717, 1.165) is 0 Å². The lowest BCUT2D eigenvalue weighted by molar-refractivity contribution is -0.123. The maximum absolute atomic E-state index is 12.8. The van der Waals surface area contributed by atoms with Crippen LogP contribution in [0.15, 0.2) is 66.9 Å². The summed E-state index contributed by atoms with van der Waals surface area (Å²) in [4.78, 5) is 41.7. The van der Waals surface area contributed by atoms with Gasteiger partial charge in [-0.2, -0.15) is 0 Å². The van der Waals surface area contributed by atoms with Gasteiger partial charge in [-0.1, -0.05) is 71.7 Å². The molecule has 0 radical (unpaired) electrons.